The van der Waals surface area contributed by atoms with E-state index in [1.807, 2.05) is 25.1 Å². The molecule has 2 aromatic rings. The number of rotatable bonds is 3. The molecule has 112 valence electrons. The molecule has 0 radical (unpaired) electrons. The average molecular weight is 284 g/mol. The molecule has 1 aromatic heterocycles. The van der Waals surface area contributed by atoms with Gasteiger partial charge in [0.05, 0.1) is 17.2 Å². The quantitative estimate of drug-likeness (QED) is 0.938. The summed E-state index contributed by atoms with van der Waals surface area (Å²) in [6, 6.07) is 10.3. The number of likely N-dealkylation sites (N-methyl/N-ethyl adjacent to an activating group) is 1. The van der Waals surface area contributed by atoms with Crippen LogP contribution in [0.3, 0.4) is 0 Å². The number of fused-ring (bicyclic) bond motifs is 1. The van der Waals surface area contributed by atoms with Crippen LogP contribution in [0.2, 0.25) is 0 Å². The van der Waals surface area contributed by atoms with Crippen LogP contribution in [0.25, 0.3) is 10.9 Å². The van der Waals surface area contributed by atoms with Gasteiger partial charge in [-0.1, -0.05) is 25.0 Å². The van der Waals surface area contributed by atoms with E-state index in [2.05, 4.69) is 36.1 Å². The van der Waals surface area contributed by atoms with Gasteiger partial charge in [-0.15, -0.1) is 0 Å². The molecule has 1 N–H and O–H groups in total. The molecule has 1 saturated carbocycles. The first kappa shape index (κ1) is 14.5. The summed E-state index contributed by atoms with van der Waals surface area (Å²) in [5.41, 5.74) is 2.91. The highest BCUT2D eigenvalue weighted by Gasteiger charge is 2.43. The van der Waals surface area contributed by atoms with E-state index in [1.165, 1.54) is 12.8 Å². The number of hydrogen-bond acceptors (Lipinski definition) is 3. The summed E-state index contributed by atoms with van der Waals surface area (Å²) in [6.45, 7) is 2.00. The molecule has 0 saturated heterocycles. The second-order valence-corrected chi connectivity index (χ2v) is 6.51. The average Bonchev–Trinajstić information content (AvgIpc) is 2.96. The van der Waals surface area contributed by atoms with Gasteiger partial charge in [0, 0.05) is 11.1 Å². The first-order valence-corrected chi connectivity index (χ1v) is 7.76. The van der Waals surface area contributed by atoms with Crippen molar-refractivity contribution in [2.75, 3.05) is 14.1 Å². The van der Waals surface area contributed by atoms with Crippen molar-refractivity contribution >= 4 is 10.9 Å². The lowest BCUT2D eigenvalue weighted by molar-refractivity contribution is -0.00467. The maximum Gasteiger partial charge on any atom is 0.0973 e. The molecule has 0 aliphatic heterocycles. The first-order chi connectivity index (χ1) is 10.0. The van der Waals surface area contributed by atoms with Gasteiger partial charge in [0.2, 0.25) is 0 Å². The molecule has 3 rings (SSSR count). The van der Waals surface area contributed by atoms with E-state index in [4.69, 9.17) is 0 Å². The van der Waals surface area contributed by atoms with Gasteiger partial charge in [-0.05, 0) is 57.6 Å². The second kappa shape index (κ2) is 5.39. The highest BCUT2D eigenvalue weighted by atomic mass is 16.3. The third-order valence-electron chi connectivity index (χ3n) is 5.04. The SMILES string of the molecule is Cc1ccc2cc(C(O)C3(N(C)C)CCCC3)ccc2n1. The van der Waals surface area contributed by atoms with E-state index in [1.54, 1.807) is 0 Å². The zero-order chi connectivity index (χ0) is 15.0. The van der Waals surface area contributed by atoms with Crippen molar-refractivity contribution in [2.45, 2.75) is 44.2 Å². The molecule has 1 unspecified atom stereocenters. The number of aryl methyl sites for hydroxylation is 1. The van der Waals surface area contributed by atoms with Crippen LogP contribution >= 0.6 is 0 Å². The maximum absolute atomic E-state index is 11.0. The van der Waals surface area contributed by atoms with Gasteiger partial charge < -0.3 is 10.0 Å². The van der Waals surface area contributed by atoms with Gasteiger partial charge in [-0.3, -0.25) is 4.98 Å². The van der Waals surface area contributed by atoms with Crippen molar-refractivity contribution in [3.05, 3.63) is 41.6 Å². The van der Waals surface area contributed by atoms with Gasteiger partial charge in [0.25, 0.3) is 0 Å². The van der Waals surface area contributed by atoms with Crippen LogP contribution in [0.1, 0.15) is 43.0 Å². The fraction of sp³-hybridized carbons (Fsp3) is 0.500. The molecule has 3 heteroatoms. The Morgan fingerprint density at radius 1 is 1.14 bits per heavy atom. The predicted molar refractivity (Wildman–Crippen MR) is 86.3 cm³/mol. The fourth-order valence-corrected chi connectivity index (χ4v) is 3.68. The van der Waals surface area contributed by atoms with Gasteiger partial charge in [0.15, 0.2) is 0 Å². The van der Waals surface area contributed by atoms with Crippen LogP contribution in [0, 0.1) is 6.92 Å². The third kappa shape index (κ3) is 2.45. The van der Waals surface area contributed by atoms with Crippen LogP contribution in [-0.2, 0) is 0 Å². The topological polar surface area (TPSA) is 36.4 Å². The smallest absolute Gasteiger partial charge is 0.0973 e. The van der Waals surface area contributed by atoms with Crippen molar-refractivity contribution in [1.82, 2.24) is 9.88 Å². The summed E-state index contributed by atoms with van der Waals surface area (Å²) >= 11 is 0. The Morgan fingerprint density at radius 2 is 1.86 bits per heavy atom. The van der Waals surface area contributed by atoms with Crippen LogP contribution < -0.4 is 0 Å². The molecule has 1 aliphatic rings. The molecule has 1 atom stereocenters. The van der Waals surface area contributed by atoms with E-state index in [-0.39, 0.29) is 5.54 Å². The van der Waals surface area contributed by atoms with E-state index in [0.29, 0.717) is 0 Å². The predicted octanol–water partition coefficient (Wildman–Crippen LogP) is 3.45. The lowest BCUT2D eigenvalue weighted by Crippen LogP contribution is -2.47. The molecule has 0 bridgehead atoms. The summed E-state index contributed by atoms with van der Waals surface area (Å²) < 4.78 is 0. The zero-order valence-electron chi connectivity index (χ0n) is 13.1. The molecule has 21 heavy (non-hydrogen) atoms. The minimum atomic E-state index is -0.444. The van der Waals surface area contributed by atoms with Gasteiger partial charge >= 0.3 is 0 Å². The van der Waals surface area contributed by atoms with Gasteiger partial charge in [-0.2, -0.15) is 0 Å². The molecule has 1 heterocycles. The minimum Gasteiger partial charge on any atom is -0.386 e. The Kier molecular flexibility index (Phi) is 3.72. The molecule has 3 nitrogen and oxygen atoms in total. The number of aliphatic hydroxyl groups is 1. The van der Waals surface area contributed by atoms with Gasteiger partial charge in [-0.25, -0.2) is 0 Å². The number of nitrogens with zero attached hydrogens (tertiary/aromatic N) is 2. The van der Waals surface area contributed by atoms with Crippen molar-refractivity contribution in [1.29, 1.82) is 0 Å². The number of benzene rings is 1. The van der Waals surface area contributed by atoms with E-state index in [9.17, 15) is 5.11 Å². The standard InChI is InChI=1S/C18H24N2O/c1-13-6-7-14-12-15(8-9-16(14)19-13)17(21)18(20(2)3)10-4-5-11-18/h6-9,12,17,21H,4-5,10-11H2,1-3H3. The normalized spacial score (nSPS) is 19.3. The Bertz CT molecular complexity index is 645. The second-order valence-electron chi connectivity index (χ2n) is 6.51. The number of pyridine rings is 1. The van der Waals surface area contributed by atoms with Crippen LogP contribution in [0.5, 0.6) is 0 Å². The van der Waals surface area contributed by atoms with E-state index < -0.39 is 6.10 Å². The summed E-state index contributed by atoms with van der Waals surface area (Å²) in [5, 5.41) is 12.1. The lowest BCUT2D eigenvalue weighted by atomic mass is 9.84. The Morgan fingerprint density at radius 3 is 2.52 bits per heavy atom. The molecule has 1 fully saturated rings. The Hall–Kier alpha value is -1.45. The van der Waals surface area contributed by atoms with E-state index in [0.717, 1.165) is 35.0 Å². The summed E-state index contributed by atoms with van der Waals surface area (Å²) in [7, 11) is 4.17. The Labute approximate surface area is 126 Å². The third-order valence-corrected chi connectivity index (χ3v) is 5.04. The number of hydrogen-bond donors (Lipinski definition) is 1. The van der Waals surface area contributed by atoms with Crippen molar-refractivity contribution in [3.63, 3.8) is 0 Å². The Balaban J connectivity index is 2.01. The van der Waals surface area contributed by atoms with Crippen molar-refractivity contribution in [3.8, 4) is 0 Å². The first-order valence-electron chi connectivity index (χ1n) is 7.76. The van der Waals surface area contributed by atoms with E-state index >= 15 is 0 Å². The fourth-order valence-electron chi connectivity index (χ4n) is 3.68. The molecule has 0 amide bonds. The highest BCUT2D eigenvalue weighted by molar-refractivity contribution is 5.79. The van der Waals surface area contributed by atoms with Crippen molar-refractivity contribution < 1.29 is 5.11 Å². The van der Waals surface area contributed by atoms with Crippen LogP contribution in [0.15, 0.2) is 30.3 Å². The van der Waals surface area contributed by atoms with Crippen LogP contribution in [0.4, 0.5) is 0 Å². The number of aliphatic hydroxyl groups excluding tert-OH is 1. The maximum atomic E-state index is 11.0. The lowest BCUT2D eigenvalue weighted by Gasteiger charge is -2.40. The molecule has 1 aromatic carbocycles. The largest absolute Gasteiger partial charge is 0.386 e. The molecular formula is C18H24N2O. The van der Waals surface area contributed by atoms with Gasteiger partial charge in [0.1, 0.15) is 0 Å². The summed E-state index contributed by atoms with van der Waals surface area (Å²) in [5.74, 6) is 0. The summed E-state index contributed by atoms with van der Waals surface area (Å²) in [4.78, 5) is 6.74. The van der Waals surface area contributed by atoms with Crippen molar-refractivity contribution in [2.24, 2.45) is 0 Å². The molecule has 1 aliphatic carbocycles. The number of aromatic nitrogens is 1. The minimum absolute atomic E-state index is 0.119. The summed E-state index contributed by atoms with van der Waals surface area (Å²) in [6.07, 6.45) is 4.07. The van der Waals surface area contributed by atoms with Crippen LogP contribution in [-0.4, -0.2) is 34.6 Å². The molecule has 0 spiro atoms. The highest BCUT2D eigenvalue weighted by Crippen LogP contribution is 2.43. The molecular weight excluding hydrogens is 260 g/mol. The monoisotopic (exact) mass is 284 g/mol. The zero-order valence-corrected chi connectivity index (χ0v) is 13.1.